The minimum Gasteiger partial charge on any atom is -0.476 e. The van der Waals surface area contributed by atoms with Crippen LogP contribution in [0.1, 0.15) is 19.4 Å². The average molecular weight is 217 g/mol. The summed E-state index contributed by atoms with van der Waals surface area (Å²) in [5.41, 5.74) is 0.615. The Morgan fingerprint density at radius 2 is 1.81 bits per heavy atom. The molecule has 2 aliphatic rings. The summed E-state index contributed by atoms with van der Waals surface area (Å²) in [4.78, 5) is 4.60. The smallest absolute Gasteiger partial charge is 0.224 e. The molecule has 16 heavy (non-hydrogen) atoms. The zero-order chi connectivity index (χ0) is 11.2. The van der Waals surface area contributed by atoms with Crippen LogP contribution in [0.5, 0.6) is 0 Å². The first-order valence-corrected chi connectivity index (χ1v) is 5.55. The van der Waals surface area contributed by atoms with Crippen molar-refractivity contribution in [1.82, 2.24) is 0 Å². The van der Waals surface area contributed by atoms with E-state index in [4.69, 9.17) is 9.47 Å². The summed E-state index contributed by atoms with van der Waals surface area (Å²) >= 11 is 0. The van der Waals surface area contributed by atoms with Gasteiger partial charge >= 0.3 is 0 Å². The summed E-state index contributed by atoms with van der Waals surface area (Å²) < 4.78 is 11.3. The molecule has 0 N–H and O–H groups in total. The highest BCUT2D eigenvalue weighted by Crippen LogP contribution is 2.43. The number of ether oxygens (including phenoxy) is 2. The molecule has 0 spiro atoms. The highest BCUT2D eigenvalue weighted by Gasteiger charge is 2.55. The van der Waals surface area contributed by atoms with E-state index >= 15 is 0 Å². The number of hydrogen-bond acceptors (Lipinski definition) is 3. The predicted molar refractivity (Wildman–Crippen MR) is 61.5 cm³/mol. The number of rotatable bonds is 2. The van der Waals surface area contributed by atoms with Gasteiger partial charge in [-0.15, -0.1) is 0 Å². The summed E-state index contributed by atoms with van der Waals surface area (Å²) in [5, 5.41) is 0. The molecule has 1 aromatic rings. The summed E-state index contributed by atoms with van der Waals surface area (Å²) in [5.74, 6) is 0.740. The third-order valence-electron chi connectivity index (χ3n) is 2.98. The van der Waals surface area contributed by atoms with Crippen LogP contribution in [0.4, 0.5) is 0 Å². The maximum absolute atomic E-state index is 5.67. The molecule has 0 saturated carbocycles. The lowest BCUT2D eigenvalue weighted by atomic mass is 10.00. The molecule has 0 aliphatic carbocycles. The molecule has 1 saturated heterocycles. The van der Waals surface area contributed by atoms with Gasteiger partial charge in [-0.05, 0) is 19.4 Å². The molecule has 3 heteroatoms. The minimum absolute atomic E-state index is 0.122. The van der Waals surface area contributed by atoms with E-state index in [2.05, 4.69) is 31.0 Å². The lowest BCUT2D eigenvalue weighted by molar-refractivity contribution is 0.248. The van der Waals surface area contributed by atoms with Crippen molar-refractivity contribution in [2.45, 2.75) is 25.0 Å². The van der Waals surface area contributed by atoms with Crippen LogP contribution in [-0.4, -0.2) is 24.7 Å². The summed E-state index contributed by atoms with van der Waals surface area (Å²) in [6.45, 7) is 5.45. The molecule has 0 amide bonds. The van der Waals surface area contributed by atoms with Crippen molar-refractivity contribution in [2.75, 3.05) is 13.2 Å². The van der Waals surface area contributed by atoms with Gasteiger partial charge in [0.15, 0.2) is 5.60 Å². The number of aliphatic imine (C=N–C) groups is 1. The van der Waals surface area contributed by atoms with Crippen LogP contribution in [0, 0.1) is 0 Å². The SMILES string of the molecule is CC1(C)COC(C2(c3ccccc3)CO2)=N1. The summed E-state index contributed by atoms with van der Waals surface area (Å²) in [6, 6.07) is 10.1. The van der Waals surface area contributed by atoms with Crippen molar-refractivity contribution in [3.8, 4) is 0 Å². The molecule has 1 aromatic carbocycles. The first-order chi connectivity index (χ1) is 7.62. The largest absolute Gasteiger partial charge is 0.476 e. The zero-order valence-electron chi connectivity index (χ0n) is 9.56. The predicted octanol–water partition coefficient (Wildman–Crippen LogP) is 2.12. The third-order valence-corrected chi connectivity index (χ3v) is 2.98. The summed E-state index contributed by atoms with van der Waals surface area (Å²) in [7, 11) is 0. The van der Waals surface area contributed by atoms with E-state index < -0.39 is 5.60 Å². The maximum atomic E-state index is 5.67. The van der Waals surface area contributed by atoms with E-state index in [1.165, 1.54) is 0 Å². The number of benzene rings is 1. The van der Waals surface area contributed by atoms with Crippen LogP contribution in [0.3, 0.4) is 0 Å². The topological polar surface area (TPSA) is 34.1 Å². The van der Waals surface area contributed by atoms with Crippen LogP contribution in [-0.2, 0) is 15.1 Å². The van der Waals surface area contributed by atoms with Crippen molar-refractivity contribution in [3.05, 3.63) is 35.9 Å². The molecular weight excluding hydrogens is 202 g/mol. The quantitative estimate of drug-likeness (QED) is 0.711. The van der Waals surface area contributed by atoms with Gasteiger partial charge in [-0.25, -0.2) is 4.99 Å². The Bertz CT molecular complexity index is 433. The van der Waals surface area contributed by atoms with Crippen molar-refractivity contribution >= 4 is 5.90 Å². The van der Waals surface area contributed by atoms with Gasteiger partial charge < -0.3 is 9.47 Å². The van der Waals surface area contributed by atoms with E-state index in [0.29, 0.717) is 13.2 Å². The normalized spacial score (nSPS) is 30.8. The Kier molecular flexibility index (Phi) is 1.89. The van der Waals surface area contributed by atoms with E-state index in [0.717, 1.165) is 11.5 Å². The highest BCUT2D eigenvalue weighted by atomic mass is 16.6. The molecule has 1 fully saturated rings. The van der Waals surface area contributed by atoms with Gasteiger partial charge in [0, 0.05) is 0 Å². The van der Waals surface area contributed by atoms with Crippen molar-refractivity contribution in [2.24, 2.45) is 4.99 Å². The van der Waals surface area contributed by atoms with E-state index in [1.807, 2.05) is 18.2 Å². The summed E-state index contributed by atoms with van der Waals surface area (Å²) in [6.07, 6.45) is 0. The van der Waals surface area contributed by atoms with Crippen molar-refractivity contribution in [1.29, 1.82) is 0 Å². The van der Waals surface area contributed by atoms with Crippen LogP contribution >= 0.6 is 0 Å². The second-order valence-electron chi connectivity index (χ2n) is 5.00. The first-order valence-electron chi connectivity index (χ1n) is 5.55. The van der Waals surface area contributed by atoms with Crippen LogP contribution in [0.2, 0.25) is 0 Å². The molecule has 0 radical (unpaired) electrons. The molecule has 2 heterocycles. The Morgan fingerprint density at radius 1 is 1.12 bits per heavy atom. The van der Waals surface area contributed by atoms with Gasteiger partial charge in [-0.2, -0.15) is 0 Å². The average Bonchev–Trinajstić information content (AvgIpc) is 3.00. The van der Waals surface area contributed by atoms with Crippen molar-refractivity contribution in [3.63, 3.8) is 0 Å². The molecule has 1 atom stereocenters. The fourth-order valence-electron chi connectivity index (χ4n) is 1.98. The van der Waals surface area contributed by atoms with E-state index in [-0.39, 0.29) is 5.54 Å². The maximum Gasteiger partial charge on any atom is 0.224 e. The zero-order valence-corrected chi connectivity index (χ0v) is 9.56. The lowest BCUT2D eigenvalue weighted by Crippen LogP contribution is -2.22. The second-order valence-corrected chi connectivity index (χ2v) is 5.00. The standard InChI is InChI=1S/C13H15NO2/c1-12(2)8-15-11(14-12)13(9-16-13)10-6-4-3-5-7-10/h3-7H,8-9H2,1-2H3. The number of nitrogens with zero attached hydrogens (tertiary/aromatic N) is 1. The Balaban J connectivity index is 1.96. The van der Waals surface area contributed by atoms with Crippen molar-refractivity contribution < 1.29 is 9.47 Å². The fraction of sp³-hybridized carbons (Fsp3) is 0.462. The van der Waals surface area contributed by atoms with Gasteiger partial charge in [0.05, 0.1) is 12.1 Å². The lowest BCUT2D eigenvalue weighted by Gasteiger charge is -2.11. The highest BCUT2D eigenvalue weighted by molar-refractivity contribution is 5.90. The molecule has 3 nitrogen and oxygen atoms in total. The fourth-order valence-corrected chi connectivity index (χ4v) is 1.98. The molecule has 1 unspecified atom stereocenters. The number of epoxide rings is 1. The molecule has 0 bridgehead atoms. The van der Waals surface area contributed by atoms with Crippen LogP contribution in [0.15, 0.2) is 35.3 Å². The Hall–Kier alpha value is -1.35. The molecular formula is C13H15NO2. The van der Waals surface area contributed by atoms with Crippen LogP contribution in [0.25, 0.3) is 0 Å². The van der Waals surface area contributed by atoms with Gasteiger partial charge in [0.1, 0.15) is 6.61 Å². The molecule has 3 rings (SSSR count). The van der Waals surface area contributed by atoms with Gasteiger partial charge in [-0.1, -0.05) is 30.3 Å². The third kappa shape index (κ3) is 1.43. The second kappa shape index (κ2) is 3.08. The Labute approximate surface area is 95.1 Å². The van der Waals surface area contributed by atoms with Gasteiger partial charge in [-0.3, -0.25) is 0 Å². The first kappa shape index (κ1) is 9.85. The minimum atomic E-state index is -0.394. The Morgan fingerprint density at radius 3 is 2.31 bits per heavy atom. The van der Waals surface area contributed by atoms with Crippen LogP contribution < -0.4 is 0 Å². The molecule has 2 aliphatic heterocycles. The van der Waals surface area contributed by atoms with Gasteiger partial charge in [0.2, 0.25) is 5.90 Å². The van der Waals surface area contributed by atoms with E-state index in [9.17, 15) is 0 Å². The molecule has 84 valence electrons. The molecule has 0 aromatic heterocycles. The number of hydrogen-bond donors (Lipinski definition) is 0. The van der Waals surface area contributed by atoms with E-state index in [1.54, 1.807) is 0 Å². The van der Waals surface area contributed by atoms with Gasteiger partial charge in [0.25, 0.3) is 0 Å². The monoisotopic (exact) mass is 217 g/mol.